The van der Waals surface area contributed by atoms with Gasteiger partial charge in [0.25, 0.3) is 0 Å². The van der Waals surface area contributed by atoms with E-state index in [4.69, 9.17) is 4.42 Å². The van der Waals surface area contributed by atoms with Gasteiger partial charge in [-0.25, -0.2) is 0 Å². The van der Waals surface area contributed by atoms with Crippen molar-refractivity contribution in [3.63, 3.8) is 0 Å². The minimum absolute atomic E-state index is 0.382. The van der Waals surface area contributed by atoms with E-state index in [0.29, 0.717) is 6.04 Å². The molecule has 0 aromatic carbocycles. The van der Waals surface area contributed by atoms with Gasteiger partial charge in [-0.1, -0.05) is 6.92 Å². The normalized spacial score (nSPS) is 13.1. The Hall–Kier alpha value is -0.410. The highest BCUT2D eigenvalue weighted by Gasteiger charge is 2.11. The molecule has 1 aromatic rings. The van der Waals surface area contributed by atoms with E-state index >= 15 is 0 Å². The van der Waals surface area contributed by atoms with Gasteiger partial charge in [0.1, 0.15) is 5.76 Å². The summed E-state index contributed by atoms with van der Waals surface area (Å²) in [6.45, 7) is 3.11. The lowest BCUT2D eigenvalue weighted by Crippen LogP contribution is -2.20. The molecule has 0 amide bonds. The molecule has 0 bridgehead atoms. The first kappa shape index (κ1) is 10.7. The third-order valence-corrected chi connectivity index (χ3v) is 2.59. The van der Waals surface area contributed by atoms with E-state index in [2.05, 4.69) is 18.5 Å². The fourth-order valence-corrected chi connectivity index (χ4v) is 1.79. The summed E-state index contributed by atoms with van der Waals surface area (Å²) >= 11 is 1.87. The molecule has 0 spiro atoms. The zero-order chi connectivity index (χ0) is 9.52. The molecule has 0 radical (unpaired) electrons. The maximum absolute atomic E-state index is 5.37. The van der Waals surface area contributed by atoms with Crippen LogP contribution >= 0.6 is 11.8 Å². The second kappa shape index (κ2) is 6.11. The van der Waals surface area contributed by atoms with Crippen molar-refractivity contribution in [2.45, 2.75) is 19.4 Å². The number of rotatable bonds is 6. The first-order chi connectivity index (χ1) is 6.38. The van der Waals surface area contributed by atoms with Gasteiger partial charge in [0.05, 0.1) is 12.3 Å². The van der Waals surface area contributed by atoms with Crippen LogP contribution in [-0.2, 0) is 0 Å². The fourth-order valence-electron chi connectivity index (χ4n) is 1.32. The van der Waals surface area contributed by atoms with Gasteiger partial charge in [0, 0.05) is 0 Å². The molecule has 1 aromatic heterocycles. The summed E-state index contributed by atoms with van der Waals surface area (Å²) in [4.78, 5) is 0. The van der Waals surface area contributed by atoms with Crippen molar-refractivity contribution in [1.82, 2.24) is 5.32 Å². The second-order valence-electron chi connectivity index (χ2n) is 2.91. The van der Waals surface area contributed by atoms with Crippen molar-refractivity contribution in [1.29, 1.82) is 0 Å². The lowest BCUT2D eigenvalue weighted by Gasteiger charge is -2.14. The van der Waals surface area contributed by atoms with Gasteiger partial charge in [0.2, 0.25) is 0 Å². The molecule has 0 saturated heterocycles. The molecular formula is C10H17NOS. The highest BCUT2D eigenvalue weighted by atomic mass is 32.2. The van der Waals surface area contributed by atoms with E-state index in [0.717, 1.165) is 18.7 Å². The Morgan fingerprint density at radius 1 is 1.62 bits per heavy atom. The Kier molecular flexibility index (Phi) is 5.01. The Balaban J connectivity index is 2.47. The van der Waals surface area contributed by atoms with Crippen LogP contribution < -0.4 is 5.32 Å². The lowest BCUT2D eigenvalue weighted by atomic mass is 10.2. The van der Waals surface area contributed by atoms with Gasteiger partial charge in [-0.2, -0.15) is 11.8 Å². The van der Waals surface area contributed by atoms with Crippen LogP contribution in [0.5, 0.6) is 0 Å². The van der Waals surface area contributed by atoms with Gasteiger partial charge in [-0.05, 0) is 37.1 Å². The van der Waals surface area contributed by atoms with Gasteiger partial charge >= 0.3 is 0 Å². The minimum atomic E-state index is 0.382. The SMILES string of the molecule is CCNC(CCSC)c1ccco1. The molecule has 13 heavy (non-hydrogen) atoms. The van der Waals surface area contributed by atoms with Crippen molar-refractivity contribution in [3.8, 4) is 0 Å². The largest absolute Gasteiger partial charge is 0.468 e. The van der Waals surface area contributed by atoms with Crippen LogP contribution in [-0.4, -0.2) is 18.6 Å². The minimum Gasteiger partial charge on any atom is -0.468 e. The third-order valence-electron chi connectivity index (χ3n) is 1.95. The van der Waals surface area contributed by atoms with Crippen LogP contribution in [0.4, 0.5) is 0 Å². The van der Waals surface area contributed by atoms with Gasteiger partial charge in [-0.15, -0.1) is 0 Å². The van der Waals surface area contributed by atoms with Crippen LogP contribution in [0.1, 0.15) is 25.1 Å². The van der Waals surface area contributed by atoms with E-state index in [1.165, 1.54) is 5.75 Å². The van der Waals surface area contributed by atoms with Crippen molar-refractivity contribution >= 4 is 11.8 Å². The molecular weight excluding hydrogens is 182 g/mol. The highest BCUT2D eigenvalue weighted by molar-refractivity contribution is 7.98. The molecule has 0 aliphatic rings. The molecule has 0 saturated carbocycles. The van der Waals surface area contributed by atoms with E-state index in [9.17, 15) is 0 Å². The Bertz CT molecular complexity index is 211. The quantitative estimate of drug-likeness (QED) is 0.762. The maximum atomic E-state index is 5.37. The predicted molar refractivity (Wildman–Crippen MR) is 58.1 cm³/mol. The number of hydrogen-bond acceptors (Lipinski definition) is 3. The summed E-state index contributed by atoms with van der Waals surface area (Å²) in [5.74, 6) is 2.22. The molecule has 0 fully saturated rings. The third kappa shape index (κ3) is 3.44. The summed E-state index contributed by atoms with van der Waals surface area (Å²) < 4.78 is 5.37. The summed E-state index contributed by atoms with van der Waals surface area (Å²) in [5.41, 5.74) is 0. The maximum Gasteiger partial charge on any atom is 0.120 e. The number of thioether (sulfide) groups is 1. The predicted octanol–water partition coefficient (Wildman–Crippen LogP) is 2.68. The molecule has 0 aliphatic heterocycles. The van der Waals surface area contributed by atoms with Crippen molar-refractivity contribution in [3.05, 3.63) is 24.2 Å². The molecule has 1 N–H and O–H groups in total. The Morgan fingerprint density at radius 2 is 2.46 bits per heavy atom. The molecule has 2 nitrogen and oxygen atoms in total. The molecule has 1 atom stereocenters. The summed E-state index contributed by atoms with van der Waals surface area (Å²) in [6.07, 6.45) is 4.99. The van der Waals surface area contributed by atoms with Crippen molar-refractivity contribution in [2.24, 2.45) is 0 Å². The van der Waals surface area contributed by atoms with E-state index in [1.54, 1.807) is 6.26 Å². The van der Waals surface area contributed by atoms with Gasteiger partial charge in [-0.3, -0.25) is 0 Å². The van der Waals surface area contributed by atoms with Crippen LogP contribution in [0.3, 0.4) is 0 Å². The van der Waals surface area contributed by atoms with E-state index in [1.807, 2.05) is 23.9 Å². The van der Waals surface area contributed by atoms with E-state index < -0.39 is 0 Å². The summed E-state index contributed by atoms with van der Waals surface area (Å²) in [6, 6.07) is 4.36. The molecule has 3 heteroatoms. The van der Waals surface area contributed by atoms with Crippen LogP contribution in [0.25, 0.3) is 0 Å². The van der Waals surface area contributed by atoms with Crippen molar-refractivity contribution in [2.75, 3.05) is 18.6 Å². The zero-order valence-corrected chi connectivity index (χ0v) is 9.06. The summed E-state index contributed by atoms with van der Waals surface area (Å²) in [7, 11) is 0. The van der Waals surface area contributed by atoms with Gasteiger partial charge < -0.3 is 9.73 Å². The highest BCUT2D eigenvalue weighted by Crippen LogP contribution is 2.18. The number of furan rings is 1. The smallest absolute Gasteiger partial charge is 0.120 e. The molecule has 1 rings (SSSR count). The first-order valence-corrected chi connectivity index (χ1v) is 6.03. The molecule has 1 heterocycles. The Morgan fingerprint density at radius 3 is 3.00 bits per heavy atom. The molecule has 0 aliphatic carbocycles. The average Bonchev–Trinajstić information content (AvgIpc) is 2.65. The van der Waals surface area contributed by atoms with Crippen LogP contribution in [0.2, 0.25) is 0 Å². The van der Waals surface area contributed by atoms with Crippen LogP contribution in [0.15, 0.2) is 22.8 Å². The van der Waals surface area contributed by atoms with Crippen LogP contribution in [0, 0.1) is 0 Å². The van der Waals surface area contributed by atoms with Crippen molar-refractivity contribution < 1.29 is 4.42 Å². The lowest BCUT2D eigenvalue weighted by molar-refractivity contribution is 0.412. The monoisotopic (exact) mass is 199 g/mol. The fraction of sp³-hybridized carbons (Fsp3) is 0.600. The zero-order valence-electron chi connectivity index (χ0n) is 8.25. The topological polar surface area (TPSA) is 25.2 Å². The molecule has 1 unspecified atom stereocenters. The molecule has 74 valence electrons. The second-order valence-corrected chi connectivity index (χ2v) is 3.89. The summed E-state index contributed by atoms with van der Waals surface area (Å²) in [5, 5.41) is 3.41. The van der Waals surface area contributed by atoms with E-state index in [-0.39, 0.29) is 0 Å². The standard InChI is InChI=1S/C10H17NOS/c1-3-11-9(6-8-13-2)10-5-4-7-12-10/h4-5,7,9,11H,3,6,8H2,1-2H3. The van der Waals surface area contributed by atoms with Gasteiger partial charge in [0.15, 0.2) is 0 Å². The number of hydrogen-bond donors (Lipinski definition) is 1. The average molecular weight is 199 g/mol. The first-order valence-electron chi connectivity index (χ1n) is 4.64. The number of nitrogens with one attached hydrogen (secondary N) is 1. The Labute approximate surface area is 84.1 Å².